The summed E-state index contributed by atoms with van der Waals surface area (Å²) in [7, 11) is -1.91. The lowest BCUT2D eigenvalue weighted by molar-refractivity contribution is -0.173. The monoisotopic (exact) mass is 554 g/mol. The Balaban J connectivity index is 2.16. The van der Waals surface area contributed by atoms with Crippen molar-refractivity contribution in [1.29, 1.82) is 0 Å². The fourth-order valence-corrected chi connectivity index (χ4v) is 5.67. The second kappa shape index (κ2) is 11.5. The molecule has 190 valence electrons. The quantitative estimate of drug-likeness (QED) is 0.150. The third-order valence-electron chi connectivity index (χ3n) is 7.36. The highest BCUT2D eigenvalue weighted by atomic mass is 79.9. The molecule has 6 nitrogen and oxygen atoms in total. The number of carbonyl (C=O) groups excluding carboxylic acids is 3. The van der Waals surface area contributed by atoms with Gasteiger partial charge in [0.1, 0.15) is 0 Å². The van der Waals surface area contributed by atoms with E-state index in [2.05, 4.69) is 49.8 Å². The zero-order chi connectivity index (χ0) is 25.7. The number of benzene rings is 1. The van der Waals surface area contributed by atoms with Crippen LogP contribution in [0.3, 0.4) is 0 Å². The topological polar surface area (TPSA) is 78.9 Å². The summed E-state index contributed by atoms with van der Waals surface area (Å²) in [4.78, 5) is 39.1. The summed E-state index contributed by atoms with van der Waals surface area (Å²) in [6, 6.07) is 6.58. The lowest BCUT2D eigenvalue weighted by atomic mass is 9.71. The Morgan fingerprint density at radius 2 is 1.65 bits per heavy atom. The van der Waals surface area contributed by atoms with E-state index in [1.807, 2.05) is 6.92 Å². The summed E-state index contributed by atoms with van der Waals surface area (Å²) in [5.41, 5.74) is -0.455. The van der Waals surface area contributed by atoms with Crippen molar-refractivity contribution in [3.05, 3.63) is 34.3 Å². The molecule has 0 bridgehead atoms. The van der Waals surface area contributed by atoms with Gasteiger partial charge in [-0.3, -0.25) is 9.59 Å². The molecule has 1 fully saturated rings. The molecule has 1 saturated carbocycles. The molecule has 0 aliphatic heterocycles. The molecule has 0 amide bonds. The number of rotatable bonds is 9. The SMILES string of the molecule is CCOC(=O)C(OC(=O)C1(CC)CCC(O[Si](C)(C)C(C)(C)C)CC1)C(=O)c1ccc(Br)cc1. The Bertz CT molecular complexity index is 866. The maximum absolute atomic E-state index is 13.4. The summed E-state index contributed by atoms with van der Waals surface area (Å²) < 4.78 is 18.1. The Hall–Kier alpha value is -1.51. The number of halogens is 1. The van der Waals surface area contributed by atoms with Gasteiger partial charge in [-0.2, -0.15) is 0 Å². The number of esters is 2. The van der Waals surface area contributed by atoms with Crippen LogP contribution in [0.1, 0.15) is 77.1 Å². The van der Waals surface area contributed by atoms with E-state index in [9.17, 15) is 14.4 Å². The molecule has 1 aromatic carbocycles. The van der Waals surface area contributed by atoms with Gasteiger partial charge in [0, 0.05) is 16.1 Å². The minimum absolute atomic E-state index is 0.0892. The second-order valence-corrected chi connectivity index (χ2v) is 16.3. The summed E-state index contributed by atoms with van der Waals surface area (Å²) in [6.45, 7) is 14.8. The predicted molar refractivity (Wildman–Crippen MR) is 138 cm³/mol. The van der Waals surface area contributed by atoms with E-state index < -0.39 is 37.6 Å². The van der Waals surface area contributed by atoms with Crippen LogP contribution in [0.2, 0.25) is 18.1 Å². The average Bonchev–Trinajstić information content (AvgIpc) is 2.77. The van der Waals surface area contributed by atoms with Crippen molar-refractivity contribution < 1.29 is 28.3 Å². The average molecular weight is 556 g/mol. The van der Waals surface area contributed by atoms with Gasteiger partial charge in [-0.15, -0.1) is 0 Å². The second-order valence-electron chi connectivity index (χ2n) is 10.6. The molecular weight excluding hydrogens is 516 g/mol. The van der Waals surface area contributed by atoms with Gasteiger partial charge < -0.3 is 13.9 Å². The first kappa shape index (κ1) is 28.7. The summed E-state index contributed by atoms with van der Waals surface area (Å²) in [6.07, 6.45) is 1.77. The van der Waals surface area contributed by atoms with E-state index in [4.69, 9.17) is 13.9 Å². The molecule has 0 aromatic heterocycles. The fourth-order valence-electron chi connectivity index (χ4n) is 3.98. The lowest BCUT2D eigenvalue weighted by Gasteiger charge is -2.43. The van der Waals surface area contributed by atoms with Crippen LogP contribution < -0.4 is 0 Å². The molecule has 0 heterocycles. The maximum atomic E-state index is 13.4. The largest absolute Gasteiger partial charge is 0.463 e. The molecule has 8 heteroatoms. The number of hydrogen-bond acceptors (Lipinski definition) is 6. The highest BCUT2D eigenvalue weighted by molar-refractivity contribution is 9.10. The van der Waals surface area contributed by atoms with E-state index in [-0.39, 0.29) is 23.3 Å². The Morgan fingerprint density at radius 3 is 2.12 bits per heavy atom. The third-order valence-corrected chi connectivity index (χ3v) is 12.4. The molecule has 2 rings (SSSR count). The molecule has 1 atom stereocenters. The minimum Gasteiger partial charge on any atom is -0.463 e. The molecule has 0 N–H and O–H groups in total. The van der Waals surface area contributed by atoms with Crippen LogP contribution in [0.4, 0.5) is 0 Å². The number of ether oxygens (including phenoxy) is 2. The van der Waals surface area contributed by atoms with Crippen molar-refractivity contribution in [2.45, 2.75) is 97.1 Å². The molecule has 1 aliphatic carbocycles. The normalized spacial score (nSPS) is 22.1. The lowest BCUT2D eigenvalue weighted by Crippen LogP contribution is -2.47. The predicted octanol–water partition coefficient (Wildman–Crippen LogP) is 6.47. The summed E-state index contributed by atoms with van der Waals surface area (Å²) >= 11 is 3.33. The van der Waals surface area contributed by atoms with Gasteiger partial charge in [0.05, 0.1) is 12.0 Å². The Kier molecular flexibility index (Phi) is 9.70. The van der Waals surface area contributed by atoms with E-state index in [1.165, 1.54) is 0 Å². The van der Waals surface area contributed by atoms with Crippen molar-refractivity contribution in [2.75, 3.05) is 6.61 Å². The molecule has 0 spiro atoms. The van der Waals surface area contributed by atoms with Crippen LogP contribution in [-0.2, 0) is 23.5 Å². The number of carbonyl (C=O) groups is 3. The van der Waals surface area contributed by atoms with E-state index in [0.717, 1.165) is 17.3 Å². The van der Waals surface area contributed by atoms with Crippen LogP contribution >= 0.6 is 15.9 Å². The number of ketones is 1. The van der Waals surface area contributed by atoms with Crippen molar-refractivity contribution in [2.24, 2.45) is 5.41 Å². The summed E-state index contributed by atoms with van der Waals surface area (Å²) in [5.74, 6) is -1.94. The zero-order valence-corrected chi connectivity index (χ0v) is 24.1. The molecule has 0 saturated heterocycles. The minimum atomic E-state index is -1.91. The van der Waals surface area contributed by atoms with Gasteiger partial charge in [0.15, 0.2) is 8.32 Å². The molecular formula is C26H39BrO6Si. The van der Waals surface area contributed by atoms with E-state index in [1.54, 1.807) is 31.2 Å². The standard InChI is InChI=1S/C26H39BrO6Si/c1-8-26(16-14-20(15-17-26)33-34(6,7)25(3,4)5)24(30)32-22(23(29)31-9-2)21(28)18-10-12-19(27)13-11-18/h10-13,20,22H,8-9,14-17H2,1-7H3. The molecule has 1 unspecified atom stereocenters. The molecule has 1 aliphatic rings. The van der Waals surface area contributed by atoms with Crippen molar-refractivity contribution in [1.82, 2.24) is 0 Å². The molecule has 34 heavy (non-hydrogen) atoms. The smallest absolute Gasteiger partial charge is 0.355 e. The van der Waals surface area contributed by atoms with Gasteiger partial charge in [0.2, 0.25) is 5.78 Å². The summed E-state index contributed by atoms with van der Waals surface area (Å²) in [5, 5.41) is 0.117. The van der Waals surface area contributed by atoms with Gasteiger partial charge in [-0.05, 0) is 69.3 Å². The highest BCUT2D eigenvalue weighted by Gasteiger charge is 2.47. The first-order chi connectivity index (χ1) is 15.8. The van der Waals surface area contributed by atoms with Gasteiger partial charge in [-0.25, -0.2) is 4.79 Å². The number of hydrogen-bond donors (Lipinski definition) is 0. The van der Waals surface area contributed by atoms with Crippen molar-refractivity contribution in [3.63, 3.8) is 0 Å². The van der Waals surface area contributed by atoms with Crippen LogP contribution in [0, 0.1) is 5.41 Å². The first-order valence-corrected chi connectivity index (χ1v) is 15.8. The van der Waals surface area contributed by atoms with Gasteiger partial charge >= 0.3 is 11.9 Å². The van der Waals surface area contributed by atoms with Crippen LogP contribution in [0.15, 0.2) is 28.7 Å². The van der Waals surface area contributed by atoms with E-state index in [0.29, 0.717) is 19.3 Å². The van der Waals surface area contributed by atoms with Gasteiger partial charge in [0.25, 0.3) is 6.10 Å². The van der Waals surface area contributed by atoms with Crippen LogP contribution in [-0.4, -0.2) is 44.9 Å². The fraction of sp³-hybridized carbons (Fsp3) is 0.654. The van der Waals surface area contributed by atoms with Gasteiger partial charge in [-0.1, -0.05) is 55.8 Å². The first-order valence-electron chi connectivity index (χ1n) is 12.1. The number of Topliss-reactive ketones (excluding diaryl/α,β-unsaturated/α-hetero) is 1. The van der Waals surface area contributed by atoms with Crippen molar-refractivity contribution >= 4 is 42.0 Å². The molecule has 0 radical (unpaired) electrons. The Labute approximate surface area is 213 Å². The highest BCUT2D eigenvalue weighted by Crippen LogP contribution is 2.44. The van der Waals surface area contributed by atoms with Crippen LogP contribution in [0.25, 0.3) is 0 Å². The zero-order valence-electron chi connectivity index (χ0n) is 21.5. The van der Waals surface area contributed by atoms with E-state index >= 15 is 0 Å². The molecule has 1 aromatic rings. The Morgan fingerprint density at radius 1 is 1.09 bits per heavy atom. The third kappa shape index (κ3) is 6.79. The van der Waals surface area contributed by atoms with Crippen LogP contribution in [0.5, 0.6) is 0 Å². The van der Waals surface area contributed by atoms with Crippen molar-refractivity contribution in [3.8, 4) is 0 Å². The maximum Gasteiger partial charge on any atom is 0.355 e.